The predicted octanol–water partition coefficient (Wildman–Crippen LogP) is 4.72. The van der Waals surface area contributed by atoms with Crippen molar-refractivity contribution in [1.82, 2.24) is 4.98 Å². The maximum absolute atomic E-state index is 12.0. The Hall–Kier alpha value is -2.07. The molecule has 4 nitrogen and oxygen atoms in total. The van der Waals surface area contributed by atoms with Gasteiger partial charge in [0.25, 0.3) is 0 Å². The van der Waals surface area contributed by atoms with Crippen LogP contribution in [0.25, 0.3) is 11.3 Å². The Morgan fingerprint density at radius 3 is 2.73 bits per heavy atom. The Balaban J connectivity index is 1.65. The zero-order chi connectivity index (χ0) is 18.2. The third-order valence-corrected chi connectivity index (χ3v) is 4.85. The van der Waals surface area contributed by atoms with Crippen LogP contribution < -0.4 is 10.2 Å². The van der Waals surface area contributed by atoms with E-state index >= 15 is 0 Å². The number of H-pyrrole nitrogens is 1. The first-order valence-corrected chi connectivity index (χ1v) is 9.82. The van der Waals surface area contributed by atoms with Gasteiger partial charge in [0.1, 0.15) is 6.61 Å². The first-order valence-electron chi connectivity index (χ1n) is 9.82. The molecular weight excluding hydrogens is 326 g/mol. The zero-order valence-corrected chi connectivity index (χ0v) is 15.6. The summed E-state index contributed by atoms with van der Waals surface area (Å²) in [5.41, 5.74) is 3.08. The second-order valence-electron chi connectivity index (χ2n) is 7.05. The molecule has 1 aromatic carbocycles. The van der Waals surface area contributed by atoms with E-state index in [9.17, 15) is 4.79 Å². The van der Waals surface area contributed by atoms with Crippen LogP contribution in [0.4, 0.5) is 0 Å². The number of unbranched alkanes of at least 4 members (excludes halogenated alkanes) is 2. The van der Waals surface area contributed by atoms with Crippen molar-refractivity contribution in [1.29, 1.82) is 0 Å². The van der Waals surface area contributed by atoms with E-state index in [0.29, 0.717) is 12.5 Å². The van der Waals surface area contributed by atoms with E-state index in [-0.39, 0.29) is 11.5 Å². The molecule has 26 heavy (non-hydrogen) atoms. The summed E-state index contributed by atoms with van der Waals surface area (Å²) in [6, 6.07) is 11.6. The zero-order valence-electron chi connectivity index (χ0n) is 15.6. The summed E-state index contributed by atoms with van der Waals surface area (Å²) in [5, 5.41) is 0. The Kier molecular flexibility index (Phi) is 6.89. The van der Waals surface area contributed by atoms with Crippen LogP contribution in [0.2, 0.25) is 0 Å². The van der Waals surface area contributed by atoms with Gasteiger partial charge in [-0.3, -0.25) is 4.79 Å². The molecule has 0 amide bonds. The number of aromatic amines is 1. The molecule has 2 heterocycles. The molecule has 3 rings (SSSR count). The second kappa shape index (κ2) is 9.58. The van der Waals surface area contributed by atoms with E-state index in [1.165, 1.54) is 37.3 Å². The van der Waals surface area contributed by atoms with Crippen LogP contribution >= 0.6 is 0 Å². The van der Waals surface area contributed by atoms with Gasteiger partial charge in [-0.1, -0.05) is 44.0 Å². The maximum Gasteiger partial charge on any atom is 0.195 e. The second-order valence-corrected chi connectivity index (χ2v) is 7.05. The Morgan fingerprint density at radius 1 is 1.15 bits per heavy atom. The molecule has 0 bridgehead atoms. The topological polar surface area (TPSA) is 51.3 Å². The van der Waals surface area contributed by atoms with Gasteiger partial charge in [0.05, 0.1) is 11.8 Å². The monoisotopic (exact) mass is 355 g/mol. The molecular formula is C22H29NO3. The lowest BCUT2D eigenvalue weighted by Crippen LogP contribution is -2.26. The number of hydrogen-bond donors (Lipinski definition) is 1. The van der Waals surface area contributed by atoms with E-state index in [4.69, 9.17) is 9.47 Å². The Morgan fingerprint density at radius 2 is 2.00 bits per heavy atom. The number of aryl methyl sites for hydroxylation is 1. The molecule has 1 saturated heterocycles. The van der Waals surface area contributed by atoms with Gasteiger partial charge in [-0.05, 0) is 43.2 Å². The summed E-state index contributed by atoms with van der Waals surface area (Å²) in [6.07, 6.45) is 8.26. The molecule has 0 saturated carbocycles. The van der Waals surface area contributed by atoms with Gasteiger partial charge in [0.2, 0.25) is 0 Å². The predicted molar refractivity (Wildman–Crippen MR) is 105 cm³/mol. The quantitative estimate of drug-likeness (QED) is 0.697. The van der Waals surface area contributed by atoms with Crippen LogP contribution in [0.1, 0.15) is 51.0 Å². The van der Waals surface area contributed by atoms with Crippen molar-refractivity contribution >= 4 is 0 Å². The molecule has 2 aromatic rings. The highest BCUT2D eigenvalue weighted by atomic mass is 16.5. The minimum absolute atomic E-state index is 0.0506. The summed E-state index contributed by atoms with van der Waals surface area (Å²) in [5.74, 6) is 0.508. The Bertz CT molecular complexity index is 730. The average Bonchev–Trinajstić information content (AvgIpc) is 2.67. The molecule has 140 valence electrons. The van der Waals surface area contributed by atoms with Gasteiger partial charge in [-0.25, -0.2) is 0 Å². The lowest BCUT2D eigenvalue weighted by atomic mass is 10.0. The van der Waals surface area contributed by atoms with E-state index < -0.39 is 0 Å². The smallest absolute Gasteiger partial charge is 0.195 e. The lowest BCUT2D eigenvalue weighted by molar-refractivity contribution is -0.0119. The van der Waals surface area contributed by atoms with Gasteiger partial charge < -0.3 is 14.5 Å². The summed E-state index contributed by atoms with van der Waals surface area (Å²) < 4.78 is 11.5. The van der Waals surface area contributed by atoms with Crippen molar-refractivity contribution in [3.05, 3.63) is 52.2 Å². The fraction of sp³-hybridized carbons (Fsp3) is 0.500. The molecule has 4 heteroatoms. The van der Waals surface area contributed by atoms with E-state index in [2.05, 4.69) is 36.2 Å². The van der Waals surface area contributed by atoms with E-state index in [0.717, 1.165) is 37.1 Å². The molecule has 1 aliphatic rings. The average molecular weight is 355 g/mol. The van der Waals surface area contributed by atoms with Crippen molar-refractivity contribution in [3.8, 4) is 17.1 Å². The summed E-state index contributed by atoms with van der Waals surface area (Å²) in [4.78, 5) is 15.3. The third-order valence-electron chi connectivity index (χ3n) is 4.85. The summed E-state index contributed by atoms with van der Waals surface area (Å²) >= 11 is 0. The van der Waals surface area contributed by atoms with Crippen LogP contribution in [-0.4, -0.2) is 24.3 Å². The van der Waals surface area contributed by atoms with Crippen LogP contribution in [0, 0.1) is 0 Å². The normalized spacial score (nSPS) is 17.2. The van der Waals surface area contributed by atoms with Crippen LogP contribution in [0.5, 0.6) is 5.88 Å². The molecule has 1 fully saturated rings. The SMILES string of the molecule is CCCCCc1ccc(-c2cc(=O)cc(OCC3CCCCO3)[nH]2)cc1. The number of ether oxygens (including phenoxy) is 2. The van der Waals surface area contributed by atoms with Gasteiger partial charge >= 0.3 is 0 Å². The number of hydrogen-bond acceptors (Lipinski definition) is 3. The molecule has 1 aromatic heterocycles. The highest BCUT2D eigenvalue weighted by Gasteiger charge is 2.15. The molecule has 1 N–H and O–H groups in total. The summed E-state index contributed by atoms with van der Waals surface area (Å²) in [7, 11) is 0. The van der Waals surface area contributed by atoms with Crippen LogP contribution in [0.3, 0.4) is 0 Å². The van der Waals surface area contributed by atoms with Crippen LogP contribution in [0.15, 0.2) is 41.2 Å². The number of rotatable bonds is 8. The van der Waals surface area contributed by atoms with E-state index in [1.54, 1.807) is 6.07 Å². The van der Waals surface area contributed by atoms with Crippen molar-refractivity contribution in [2.45, 2.75) is 58.0 Å². The van der Waals surface area contributed by atoms with Crippen molar-refractivity contribution < 1.29 is 9.47 Å². The number of pyridine rings is 1. The molecule has 0 radical (unpaired) electrons. The first kappa shape index (κ1) is 18.7. The standard InChI is InChI=1S/C22H29NO3/c1-2-3-4-7-17-9-11-18(12-10-17)21-14-19(24)15-22(23-21)26-16-20-8-5-6-13-25-20/h9-12,14-15,20H,2-8,13,16H2,1H3,(H,23,24). The largest absolute Gasteiger partial charge is 0.476 e. The number of benzene rings is 1. The molecule has 0 aliphatic carbocycles. The highest BCUT2D eigenvalue weighted by molar-refractivity contribution is 5.59. The highest BCUT2D eigenvalue weighted by Crippen LogP contribution is 2.20. The molecule has 1 unspecified atom stereocenters. The Labute approximate surface area is 155 Å². The maximum atomic E-state index is 12.0. The molecule has 1 aliphatic heterocycles. The van der Waals surface area contributed by atoms with Crippen LogP contribution in [-0.2, 0) is 11.2 Å². The lowest BCUT2D eigenvalue weighted by Gasteiger charge is -2.22. The fourth-order valence-corrected chi connectivity index (χ4v) is 3.30. The minimum atomic E-state index is -0.0506. The number of aromatic nitrogens is 1. The van der Waals surface area contributed by atoms with E-state index in [1.807, 2.05) is 0 Å². The van der Waals surface area contributed by atoms with Gasteiger partial charge in [-0.2, -0.15) is 0 Å². The van der Waals surface area contributed by atoms with Crippen molar-refractivity contribution in [2.75, 3.05) is 13.2 Å². The molecule has 1 atom stereocenters. The van der Waals surface area contributed by atoms with Gasteiger partial charge in [0, 0.05) is 18.7 Å². The first-order chi connectivity index (χ1) is 12.7. The third kappa shape index (κ3) is 5.46. The van der Waals surface area contributed by atoms with Crippen molar-refractivity contribution in [3.63, 3.8) is 0 Å². The molecule has 0 spiro atoms. The van der Waals surface area contributed by atoms with Gasteiger partial charge in [-0.15, -0.1) is 0 Å². The number of nitrogens with one attached hydrogen (secondary N) is 1. The minimum Gasteiger partial charge on any atom is -0.476 e. The van der Waals surface area contributed by atoms with Crippen molar-refractivity contribution in [2.24, 2.45) is 0 Å². The summed E-state index contributed by atoms with van der Waals surface area (Å²) in [6.45, 7) is 3.50. The fourth-order valence-electron chi connectivity index (χ4n) is 3.30. The van der Waals surface area contributed by atoms with Gasteiger partial charge in [0.15, 0.2) is 11.3 Å².